The van der Waals surface area contributed by atoms with Crippen molar-refractivity contribution >= 4 is 21.9 Å². The third kappa shape index (κ3) is 4.31. The molecule has 3 rings (SSSR count). The monoisotopic (exact) mass is 396 g/mol. The van der Waals surface area contributed by atoms with Gasteiger partial charge in [-0.25, -0.2) is 13.2 Å². The van der Waals surface area contributed by atoms with Crippen LogP contribution < -0.4 is 0 Å². The molecule has 1 unspecified atom stereocenters. The maximum absolute atomic E-state index is 12.8. The van der Waals surface area contributed by atoms with Crippen LogP contribution in [0.1, 0.15) is 30.1 Å². The van der Waals surface area contributed by atoms with Gasteiger partial charge in [0.05, 0.1) is 23.2 Å². The largest absolute Gasteiger partial charge is 0.478 e. The topological polar surface area (TPSA) is 104 Å². The molecule has 0 spiro atoms. The van der Waals surface area contributed by atoms with E-state index in [2.05, 4.69) is 0 Å². The van der Waals surface area contributed by atoms with Crippen LogP contribution in [0.15, 0.2) is 29.2 Å². The van der Waals surface area contributed by atoms with Gasteiger partial charge >= 0.3 is 5.97 Å². The molecule has 1 amide bonds. The first-order valence-corrected chi connectivity index (χ1v) is 10.5. The summed E-state index contributed by atoms with van der Waals surface area (Å²) >= 11 is 0. The number of morpholine rings is 1. The molecule has 2 aliphatic heterocycles. The predicted molar refractivity (Wildman–Crippen MR) is 96.9 cm³/mol. The Morgan fingerprint density at radius 2 is 1.74 bits per heavy atom. The lowest BCUT2D eigenvalue weighted by molar-refractivity contribution is -0.143. The molecule has 0 aromatic heterocycles. The number of carboxylic acids is 1. The minimum absolute atomic E-state index is 0.0249. The molecule has 0 radical (unpaired) electrons. The van der Waals surface area contributed by atoms with Crippen molar-refractivity contribution in [1.29, 1.82) is 0 Å². The molecule has 0 aliphatic carbocycles. The van der Waals surface area contributed by atoms with Gasteiger partial charge in [-0.2, -0.15) is 4.31 Å². The Kier molecular flexibility index (Phi) is 5.83. The van der Waals surface area contributed by atoms with Crippen LogP contribution in [0.2, 0.25) is 0 Å². The third-order valence-electron chi connectivity index (χ3n) is 5.09. The number of benzene rings is 1. The van der Waals surface area contributed by atoms with E-state index in [-0.39, 0.29) is 41.5 Å². The van der Waals surface area contributed by atoms with Crippen LogP contribution in [-0.4, -0.2) is 73.5 Å². The minimum Gasteiger partial charge on any atom is -0.478 e. The Hall–Kier alpha value is -1.97. The fourth-order valence-corrected chi connectivity index (χ4v) is 5.01. The van der Waals surface area contributed by atoms with Gasteiger partial charge in [0, 0.05) is 32.1 Å². The summed E-state index contributed by atoms with van der Waals surface area (Å²) in [6.45, 7) is 4.18. The molecular formula is C18H24N2O6S. The molecule has 0 bridgehead atoms. The Balaban J connectivity index is 1.62. The highest BCUT2D eigenvalue weighted by molar-refractivity contribution is 7.89. The van der Waals surface area contributed by atoms with Gasteiger partial charge in [-0.3, -0.25) is 4.79 Å². The average Bonchev–Trinajstić information content (AvgIpc) is 2.67. The first-order valence-electron chi connectivity index (χ1n) is 9.03. The van der Waals surface area contributed by atoms with Crippen LogP contribution in [0, 0.1) is 5.92 Å². The quantitative estimate of drug-likeness (QED) is 0.815. The summed E-state index contributed by atoms with van der Waals surface area (Å²) in [5.41, 5.74) is 0.0398. The molecule has 1 N–H and O–H groups in total. The number of hydrogen-bond donors (Lipinski definition) is 1. The molecule has 27 heavy (non-hydrogen) atoms. The molecular weight excluding hydrogens is 372 g/mol. The van der Waals surface area contributed by atoms with Gasteiger partial charge in [0.25, 0.3) is 0 Å². The highest BCUT2D eigenvalue weighted by atomic mass is 32.2. The standard InChI is InChI=1S/C18H24N2O6S/c1-13-12-19(10-11-26-13)17(21)14-6-8-20(9-7-14)27(24,25)16-4-2-15(3-5-16)18(22)23/h2-5,13-14H,6-12H2,1H3,(H,22,23). The lowest BCUT2D eigenvalue weighted by Crippen LogP contribution is -2.49. The van der Waals surface area contributed by atoms with E-state index < -0.39 is 16.0 Å². The van der Waals surface area contributed by atoms with Gasteiger partial charge in [-0.1, -0.05) is 0 Å². The van der Waals surface area contributed by atoms with Crippen molar-refractivity contribution in [2.45, 2.75) is 30.8 Å². The molecule has 148 valence electrons. The normalized spacial score (nSPS) is 22.6. The molecule has 1 aromatic rings. The number of carbonyl (C=O) groups excluding carboxylic acids is 1. The molecule has 2 fully saturated rings. The van der Waals surface area contributed by atoms with E-state index in [0.717, 1.165) is 0 Å². The van der Waals surface area contributed by atoms with E-state index in [1.54, 1.807) is 0 Å². The maximum atomic E-state index is 12.8. The summed E-state index contributed by atoms with van der Waals surface area (Å²) in [5.74, 6) is -1.19. The van der Waals surface area contributed by atoms with Crippen molar-refractivity contribution in [2.75, 3.05) is 32.8 Å². The summed E-state index contributed by atoms with van der Waals surface area (Å²) in [5, 5.41) is 8.93. The van der Waals surface area contributed by atoms with Crippen molar-refractivity contribution in [2.24, 2.45) is 5.92 Å². The Labute approximate surface area is 158 Å². The van der Waals surface area contributed by atoms with E-state index in [1.165, 1.54) is 28.6 Å². The number of sulfonamides is 1. The number of carbonyl (C=O) groups is 2. The predicted octanol–water partition coefficient (Wildman–Crippen LogP) is 1.03. The van der Waals surface area contributed by atoms with Crippen LogP contribution in [0.25, 0.3) is 0 Å². The number of piperidine rings is 1. The van der Waals surface area contributed by atoms with Crippen molar-refractivity contribution in [3.8, 4) is 0 Å². The Morgan fingerprint density at radius 1 is 1.11 bits per heavy atom. The summed E-state index contributed by atoms with van der Waals surface area (Å²) in [6.07, 6.45) is 0.991. The lowest BCUT2D eigenvalue weighted by Gasteiger charge is -2.36. The van der Waals surface area contributed by atoms with Gasteiger partial charge in [0.15, 0.2) is 0 Å². The van der Waals surface area contributed by atoms with E-state index in [4.69, 9.17) is 9.84 Å². The highest BCUT2D eigenvalue weighted by Gasteiger charge is 2.34. The zero-order chi connectivity index (χ0) is 19.6. The van der Waals surface area contributed by atoms with Crippen molar-refractivity contribution in [3.63, 3.8) is 0 Å². The number of amides is 1. The first-order chi connectivity index (χ1) is 12.8. The number of rotatable bonds is 4. The summed E-state index contributed by atoms with van der Waals surface area (Å²) < 4.78 is 32.3. The summed E-state index contributed by atoms with van der Waals surface area (Å²) in [7, 11) is -3.69. The number of aromatic carboxylic acids is 1. The number of carboxylic acid groups (broad SMARTS) is 1. The van der Waals surface area contributed by atoms with Gasteiger partial charge in [-0.05, 0) is 44.0 Å². The van der Waals surface area contributed by atoms with Gasteiger partial charge < -0.3 is 14.7 Å². The second-order valence-electron chi connectivity index (χ2n) is 6.97. The highest BCUT2D eigenvalue weighted by Crippen LogP contribution is 2.26. The van der Waals surface area contributed by atoms with Crippen molar-refractivity contribution in [1.82, 2.24) is 9.21 Å². The minimum atomic E-state index is -3.69. The van der Waals surface area contributed by atoms with Gasteiger partial charge in [0.2, 0.25) is 15.9 Å². The van der Waals surface area contributed by atoms with E-state index in [0.29, 0.717) is 32.5 Å². The van der Waals surface area contributed by atoms with Crippen LogP contribution in [0.5, 0.6) is 0 Å². The van der Waals surface area contributed by atoms with Gasteiger partial charge in [0.1, 0.15) is 0 Å². The van der Waals surface area contributed by atoms with E-state index in [1.807, 2.05) is 11.8 Å². The van der Waals surface area contributed by atoms with Crippen LogP contribution in [0.4, 0.5) is 0 Å². The number of hydrogen-bond acceptors (Lipinski definition) is 5. The summed E-state index contributed by atoms with van der Waals surface area (Å²) in [4.78, 5) is 25.5. The SMILES string of the molecule is CC1CN(C(=O)C2CCN(S(=O)(=O)c3ccc(C(=O)O)cc3)CC2)CCO1. The lowest BCUT2D eigenvalue weighted by atomic mass is 9.96. The fraction of sp³-hybridized carbons (Fsp3) is 0.556. The zero-order valence-corrected chi connectivity index (χ0v) is 16.0. The maximum Gasteiger partial charge on any atom is 0.335 e. The van der Waals surface area contributed by atoms with Gasteiger partial charge in [-0.15, -0.1) is 0 Å². The molecule has 2 aliphatic rings. The number of ether oxygens (including phenoxy) is 1. The molecule has 1 atom stereocenters. The smallest absolute Gasteiger partial charge is 0.335 e. The fourth-order valence-electron chi connectivity index (χ4n) is 3.54. The molecule has 2 heterocycles. The third-order valence-corrected chi connectivity index (χ3v) is 7.01. The van der Waals surface area contributed by atoms with E-state index >= 15 is 0 Å². The van der Waals surface area contributed by atoms with Crippen LogP contribution in [-0.2, 0) is 19.6 Å². The molecule has 1 aromatic carbocycles. The first kappa shape index (κ1) is 19.8. The van der Waals surface area contributed by atoms with E-state index in [9.17, 15) is 18.0 Å². The Morgan fingerprint density at radius 3 is 2.30 bits per heavy atom. The van der Waals surface area contributed by atoms with Crippen LogP contribution >= 0.6 is 0 Å². The molecule has 2 saturated heterocycles. The average molecular weight is 396 g/mol. The number of nitrogens with zero attached hydrogens (tertiary/aromatic N) is 2. The molecule has 8 nitrogen and oxygen atoms in total. The van der Waals surface area contributed by atoms with Crippen molar-refractivity contribution < 1.29 is 27.9 Å². The second kappa shape index (κ2) is 7.95. The Bertz CT molecular complexity index is 800. The van der Waals surface area contributed by atoms with Crippen LogP contribution in [0.3, 0.4) is 0 Å². The van der Waals surface area contributed by atoms with Crippen molar-refractivity contribution in [3.05, 3.63) is 29.8 Å². The second-order valence-corrected chi connectivity index (χ2v) is 8.91. The summed E-state index contributed by atoms with van der Waals surface area (Å²) in [6, 6.07) is 5.19. The molecule has 9 heteroatoms. The molecule has 0 saturated carbocycles. The zero-order valence-electron chi connectivity index (χ0n) is 15.2.